The number of hydrogen-bond acceptors (Lipinski definition) is 4. The van der Waals surface area contributed by atoms with Gasteiger partial charge in [0.1, 0.15) is 0 Å². The lowest BCUT2D eigenvalue weighted by Gasteiger charge is -2.03. The summed E-state index contributed by atoms with van der Waals surface area (Å²) in [4.78, 5) is 36.6. The average molecular weight is 329 g/mol. The van der Waals surface area contributed by atoms with E-state index in [0.717, 1.165) is 38.5 Å². The minimum atomic E-state index is -3.84. The maximum atomic E-state index is 10.9. The average Bonchev–Trinajstić information content (AvgIpc) is 2.29. The molecule has 0 bridgehead atoms. The molecule has 0 spiro atoms. The van der Waals surface area contributed by atoms with Crippen molar-refractivity contribution in [2.24, 2.45) is 0 Å². The summed E-state index contributed by atoms with van der Waals surface area (Å²) >= 11 is 0. The first-order valence-corrected chi connectivity index (χ1v) is 9.65. The van der Waals surface area contributed by atoms with Crippen molar-refractivity contribution in [3.63, 3.8) is 0 Å². The zero-order valence-corrected chi connectivity index (χ0v) is 13.2. The predicted octanol–water partition coefficient (Wildman–Crippen LogP) is 2.87. The van der Waals surface area contributed by atoms with Crippen LogP contribution in [0.4, 0.5) is 0 Å². The molecule has 0 amide bonds. The molecule has 118 valence electrons. The van der Waals surface area contributed by atoms with Crippen LogP contribution in [0.25, 0.3) is 0 Å². The molecule has 0 aromatic heterocycles. The Morgan fingerprint density at radius 1 is 0.950 bits per heavy atom. The van der Waals surface area contributed by atoms with Crippen LogP contribution in [-0.4, -0.2) is 26.8 Å². The Labute approximate surface area is 119 Å². The number of unbranched alkanes of at least 4 members (excludes halogenated alkanes) is 7. The summed E-state index contributed by atoms with van der Waals surface area (Å²) in [6.07, 6.45) is 6.93. The van der Waals surface area contributed by atoms with E-state index in [9.17, 15) is 13.9 Å². The lowest BCUT2D eigenvalue weighted by molar-refractivity contribution is -0.134. The van der Waals surface area contributed by atoms with Gasteiger partial charge in [0.15, 0.2) is 0 Å². The molecule has 1 atom stereocenters. The summed E-state index contributed by atoms with van der Waals surface area (Å²) in [5, 5.41) is 0. The van der Waals surface area contributed by atoms with Gasteiger partial charge in [0, 0.05) is 10.7 Å². The van der Waals surface area contributed by atoms with E-state index in [1.54, 1.807) is 0 Å². The highest BCUT2D eigenvalue weighted by molar-refractivity contribution is 7.51. The SMILES string of the molecule is O=C(CCCCCCCCCCP(=O)(O)O)O[P+](=O)O. The fourth-order valence-electron chi connectivity index (χ4n) is 1.78. The van der Waals surface area contributed by atoms with Gasteiger partial charge in [0.2, 0.25) is 0 Å². The first-order chi connectivity index (χ1) is 9.31. The van der Waals surface area contributed by atoms with Gasteiger partial charge >= 0.3 is 21.8 Å². The highest BCUT2D eigenvalue weighted by Crippen LogP contribution is 2.35. The number of carbonyl (C=O) groups excluding carboxylic acids is 1. The molecule has 0 radical (unpaired) electrons. The highest BCUT2D eigenvalue weighted by Gasteiger charge is 2.19. The van der Waals surface area contributed by atoms with Crippen molar-refractivity contribution < 1.29 is 33.1 Å². The predicted molar refractivity (Wildman–Crippen MR) is 74.4 cm³/mol. The van der Waals surface area contributed by atoms with Gasteiger partial charge in [0.05, 0.1) is 6.42 Å². The fraction of sp³-hybridized carbons (Fsp3) is 0.909. The quantitative estimate of drug-likeness (QED) is 0.372. The largest absolute Gasteiger partial charge is 0.750 e. The lowest BCUT2D eigenvalue weighted by Crippen LogP contribution is -1.97. The lowest BCUT2D eigenvalue weighted by atomic mass is 10.1. The van der Waals surface area contributed by atoms with Gasteiger partial charge < -0.3 is 9.79 Å². The summed E-state index contributed by atoms with van der Waals surface area (Å²) in [5.41, 5.74) is 0. The maximum Gasteiger partial charge on any atom is 0.750 e. The van der Waals surface area contributed by atoms with Crippen LogP contribution in [0.3, 0.4) is 0 Å². The van der Waals surface area contributed by atoms with E-state index < -0.39 is 21.8 Å². The Morgan fingerprint density at radius 3 is 1.85 bits per heavy atom. The molecule has 20 heavy (non-hydrogen) atoms. The van der Waals surface area contributed by atoms with Gasteiger partial charge in [0.25, 0.3) is 0 Å². The maximum absolute atomic E-state index is 10.9. The summed E-state index contributed by atoms with van der Waals surface area (Å²) in [6.45, 7) is 0. The second kappa shape index (κ2) is 11.4. The minimum absolute atomic E-state index is 0.0395. The van der Waals surface area contributed by atoms with Crippen LogP contribution in [-0.2, 0) is 18.4 Å². The number of rotatable bonds is 12. The van der Waals surface area contributed by atoms with Crippen molar-refractivity contribution in [3.05, 3.63) is 0 Å². The Balaban J connectivity index is 3.23. The summed E-state index contributed by atoms with van der Waals surface area (Å²) in [5.74, 6) is -0.647. The second-order valence-corrected chi connectivity index (χ2v) is 7.10. The second-order valence-electron chi connectivity index (χ2n) is 4.67. The third kappa shape index (κ3) is 15.7. The van der Waals surface area contributed by atoms with Gasteiger partial charge in [-0.15, -0.1) is 4.89 Å². The van der Waals surface area contributed by atoms with Crippen LogP contribution in [0.1, 0.15) is 57.8 Å². The van der Waals surface area contributed by atoms with Crippen molar-refractivity contribution in [3.8, 4) is 0 Å². The van der Waals surface area contributed by atoms with Crippen LogP contribution in [0.2, 0.25) is 0 Å². The fourth-order valence-corrected chi connectivity index (χ4v) is 2.68. The van der Waals surface area contributed by atoms with Crippen molar-refractivity contribution in [1.82, 2.24) is 0 Å². The van der Waals surface area contributed by atoms with Crippen LogP contribution in [0, 0.1) is 0 Å². The van der Waals surface area contributed by atoms with Gasteiger partial charge in [-0.05, 0) is 12.8 Å². The zero-order chi connectivity index (χ0) is 15.4. The van der Waals surface area contributed by atoms with Gasteiger partial charge in [-0.3, -0.25) is 4.57 Å². The molecule has 0 heterocycles. The van der Waals surface area contributed by atoms with Gasteiger partial charge in [-0.2, -0.15) is 4.52 Å². The third-order valence-electron chi connectivity index (χ3n) is 2.76. The molecule has 0 aliphatic rings. The molecule has 7 nitrogen and oxygen atoms in total. The molecule has 0 aliphatic carbocycles. The molecule has 0 aliphatic heterocycles. The first kappa shape index (κ1) is 19.7. The zero-order valence-electron chi connectivity index (χ0n) is 11.4. The van der Waals surface area contributed by atoms with E-state index in [1.165, 1.54) is 0 Å². The van der Waals surface area contributed by atoms with Crippen molar-refractivity contribution in [1.29, 1.82) is 0 Å². The van der Waals surface area contributed by atoms with E-state index in [0.29, 0.717) is 12.8 Å². The molecular formula is C11H23O7P2+. The molecule has 0 saturated heterocycles. The van der Waals surface area contributed by atoms with Crippen LogP contribution >= 0.6 is 15.9 Å². The van der Waals surface area contributed by atoms with E-state index >= 15 is 0 Å². The van der Waals surface area contributed by atoms with Crippen molar-refractivity contribution >= 4 is 21.8 Å². The normalized spacial score (nSPS) is 12.2. The first-order valence-electron chi connectivity index (χ1n) is 6.73. The highest BCUT2D eigenvalue weighted by atomic mass is 31.2. The van der Waals surface area contributed by atoms with E-state index in [4.69, 9.17) is 14.7 Å². The molecule has 9 heteroatoms. The van der Waals surface area contributed by atoms with E-state index in [1.807, 2.05) is 0 Å². The van der Waals surface area contributed by atoms with Gasteiger partial charge in [-0.1, -0.05) is 38.5 Å². The topological polar surface area (TPSA) is 121 Å². The van der Waals surface area contributed by atoms with Gasteiger partial charge in [-0.25, -0.2) is 4.79 Å². The molecular weight excluding hydrogens is 306 g/mol. The standard InChI is InChI=1S/C11H22O7P2/c12-11(18-19(13)14)9-7-5-3-1-2-4-6-8-10-20(15,16)17/h1-10H2,(H2-,13,14,15,16,17)/p+1. The molecule has 0 aromatic rings. The smallest absolute Gasteiger partial charge is 0.324 e. The van der Waals surface area contributed by atoms with Crippen molar-refractivity contribution in [2.45, 2.75) is 57.8 Å². The monoisotopic (exact) mass is 329 g/mol. The molecule has 3 N–H and O–H groups in total. The molecule has 0 aromatic carbocycles. The van der Waals surface area contributed by atoms with Crippen LogP contribution in [0.5, 0.6) is 0 Å². The van der Waals surface area contributed by atoms with Crippen LogP contribution in [0.15, 0.2) is 0 Å². The Hall–Kier alpha value is -0.320. The molecule has 0 rings (SSSR count). The Morgan fingerprint density at radius 2 is 1.40 bits per heavy atom. The van der Waals surface area contributed by atoms with Crippen molar-refractivity contribution in [2.75, 3.05) is 6.16 Å². The Bertz CT molecular complexity index is 340. The number of hydrogen-bond donors (Lipinski definition) is 3. The van der Waals surface area contributed by atoms with Crippen LogP contribution < -0.4 is 0 Å². The summed E-state index contributed by atoms with van der Waals surface area (Å²) < 4.78 is 24.9. The summed E-state index contributed by atoms with van der Waals surface area (Å²) in [6, 6.07) is 0. The summed E-state index contributed by atoms with van der Waals surface area (Å²) in [7, 11) is -6.68. The van der Waals surface area contributed by atoms with E-state index in [-0.39, 0.29) is 12.6 Å². The molecule has 0 fully saturated rings. The Kier molecular flexibility index (Phi) is 11.2. The minimum Gasteiger partial charge on any atom is -0.324 e. The number of carbonyl (C=O) groups is 1. The molecule has 0 saturated carbocycles. The molecule has 1 unspecified atom stereocenters. The van der Waals surface area contributed by atoms with E-state index in [2.05, 4.69) is 4.52 Å². The third-order valence-corrected chi connectivity index (χ3v) is 4.02.